The van der Waals surface area contributed by atoms with E-state index in [-0.39, 0.29) is 0 Å². The van der Waals surface area contributed by atoms with E-state index in [4.69, 9.17) is 0 Å². The van der Waals surface area contributed by atoms with Gasteiger partial charge in [-0.3, -0.25) is 0 Å². The highest BCUT2D eigenvalue weighted by Gasteiger charge is 2.15. The van der Waals surface area contributed by atoms with Crippen molar-refractivity contribution in [3.63, 3.8) is 0 Å². The SMILES string of the molecule is C=CC(C)(O)Cc1ccc2[nH]ccc2c1. The van der Waals surface area contributed by atoms with Crippen LogP contribution in [0.1, 0.15) is 12.5 Å². The zero-order valence-electron chi connectivity index (χ0n) is 8.83. The lowest BCUT2D eigenvalue weighted by Gasteiger charge is -2.18. The van der Waals surface area contributed by atoms with Gasteiger partial charge in [-0.25, -0.2) is 0 Å². The molecule has 1 atom stereocenters. The smallest absolute Gasteiger partial charge is 0.0837 e. The third-order valence-electron chi connectivity index (χ3n) is 2.62. The van der Waals surface area contributed by atoms with Crippen molar-refractivity contribution in [2.75, 3.05) is 0 Å². The van der Waals surface area contributed by atoms with Crippen LogP contribution >= 0.6 is 0 Å². The highest BCUT2D eigenvalue weighted by molar-refractivity contribution is 5.79. The Morgan fingerprint density at radius 3 is 3.00 bits per heavy atom. The predicted molar refractivity (Wildman–Crippen MR) is 62.8 cm³/mol. The molecule has 15 heavy (non-hydrogen) atoms. The van der Waals surface area contributed by atoms with E-state index in [1.54, 1.807) is 13.0 Å². The maximum Gasteiger partial charge on any atom is 0.0837 e. The number of H-pyrrole nitrogens is 1. The van der Waals surface area contributed by atoms with Crippen LogP contribution in [0.5, 0.6) is 0 Å². The van der Waals surface area contributed by atoms with Crippen LogP contribution in [-0.2, 0) is 6.42 Å². The van der Waals surface area contributed by atoms with Crippen molar-refractivity contribution in [3.05, 3.63) is 48.7 Å². The normalized spacial score (nSPS) is 15.1. The molecule has 1 unspecified atom stereocenters. The maximum absolute atomic E-state index is 9.87. The number of aliphatic hydroxyl groups is 1. The number of rotatable bonds is 3. The van der Waals surface area contributed by atoms with E-state index in [0.29, 0.717) is 6.42 Å². The number of benzene rings is 1. The summed E-state index contributed by atoms with van der Waals surface area (Å²) >= 11 is 0. The van der Waals surface area contributed by atoms with E-state index in [1.165, 1.54) is 5.39 Å². The van der Waals surface area contributed by atoms with Crippen LogP contribution in [-0.4, -0.2) is 15.7 Å². The van der Waals surface area contributed by atoms with Crippen LogP contribution in [0, 0.1) is 0 Å². The first-order chi connectivity index (χ1) is 7.11. The minimum absolute atomic E-state index is 0.595. The molecule has 2 aromatic rings. The van der Waals surface area contributed by atoms with Crippen molar-refractivity contribution in [2.24, 2.45) is 0 Å². The summed E-state index contributed by atoms with van der Waals surface area (Å²) in [4.78, 5) is 3.14. The topological polar surface area (TPSA) is 36.0 Å². The Kier molecular flexibility index (Phi) is 2.37. The number of fused-ring (bicyclic) bond motifs is 1. The molecule has 0 saturated carbocycles. The van der Waals surface area contributed by atoms with Crippen LogP contribution < -0.4 is 0 Å². The maximum atomic E-state index is 9.87. The Balaban J connectivity index is 2.32. The third-order valence-corrected chi connectivity index (χ3v) is 2.62. The van der Waals surface area contributed by atoms with Crippen LogP contribution in [0.25, 0.3) is 10.9 Å². The summed E-state index contributed by atoms with van der Waals surface area (Å²) in [5, 5.41) is 11.0. The molecule has 0 aliphatic carbocycles. The van der Waals surface area contributed by atoms with Gasteiger partial charge in [-0.15, -0.1) is 6.58 Å². The predicted octanol–water partition coefficient (Wildman–Crippen LogP) is 2.65. The summed E-state index contributed by atoms with van der Waals surface area (Å²) in [7, 11) is 0. The molecule has 1 heterocycles. The lowest BCUT2D eigenvalue weighted by molar-refractivity contribution is 0.113. The van der Waals surface area contributed by atoms with Crippen LogP contribution in [0.4, 0.5) is 0 Å². The largest absolute Gasteiger partial charge is 0.386 e. The Hall–Kier alpha value is -1.54. The molecule has 2 heteroatoms. The van der Waals surface area contributed by atoms with E-state index >= 15 is 0 Å². The fourth-order valence-corrected chi connectivity index (χ4v) is 1.70. The van der Waals surface area contributed by atoms with Crippen molar-refractivity contribution in [3.8, 4) is 0 Å². The van der Waals surface area contributed by atoms with E-state index in [1.807, 2.05) is 24.4 Å². The Morgan fingerprint density at radius 2 is 2.27 bits per heavy atom. The summed E-state index contributed by atoms with van der Waals surface area (Å²) in [5.74, 6) is 0. The second kappa shape index (κ2) is 3.55. The second-order valence-electron chi connectivity index (χ2n) is 4.14. The molecule has 0 saturated heterocycles. The third kappa shape index (κ3) is 2.10. The minimum atomic E-state index is -0.829. The van der Waals surface area contributed by atoms with Gasteiger partial charge in [0.25, 0.3) is 0 Å². The molecule has 1 aromatic carbocycles. The lowest BCUT2D eigenvalue weighted by atomic mass is 9.96. The van der Waals surface area contributed by atoms with Gasteiger partial charge in [0.15, 0.2) is 0 Å². The van der Waals surface area contributed by atoms with Crippen molar-refractivity contribution in [2.45, 2.75) is 18.9 Å². The first-order valence-electron chi connectivity index (χ1n) is 5.03. The van der Waals surface area contributed by atoms with Crippen LogP contribution in [0.15, 0.2) is 43.1 Å². The van der Waals surface area contributed by atoms with Gasteiger partial charge in [0.1, 0.15) is 0 Å². The Labute approximate surface area is 89.3 Å². The molecule has 0 aliphatic rings. The average molecular weight is 201 g/mol. The van der Waals surface area contributed by atoms with Gasteiger partial charge in [-0.2, -0.15) is 0 Å². The van der Waals surface area contributed by atoms with E-state index in [2.05, 4.69) is 17.6 Å². The molecule has 2 rings (SSSR count). The second-order valence-corrected chi connectivity index (χ2v) is 4.14. The zero-order valence-corrected chi connectivity index (χ0v) is 8.83. The average Bonchev–Trinajstić information content (AvgIpc) is 2.64. The molecular weight excluding hydrogens is 186 g/mol. The molecule has 0 aliphatic heterocycles. The van der Waals surface area contributed by atoms with Gasteiger partial charge in [-0.1, -0.05) is 12.1 Å². The fourth-order valence-electron chi connectivity index (χ4n) is 1.70. The lowest BCUT2D eigenvalue weighted by Crippen LogP contribution is -2.23. The molecule has 0 spiro atoms. The van der Waals surface area contributed by atoms with Gasteiger partial charge in [0.2, 0.25) is 0 Å². The molecule has 0 bridgehead atoms. The fraction of sp³-hybridized carbons (Fsp3) is 0.231. The van der Waals surface area contributed by atoms with Gasteiger partial charge < -0.3 is 10.1 Å². The van der Waals surface area contributed by atoms with Crippen LogP contribution in [0.3, 0.4) is 0 Å². The Morgan fingerprint density at radius 1 is 1.47 bits per heavy atom. The summed E-state index contributed by atoms with van der Waals surface area (Å²) in [5.41, 5.74) is 1.41. The zero-order chi connectivity index (χ0) is 10.9. The molecule has 0 radical (unpaired) electrons. The summed E-state index contributed by atoms with van der Waals surface area (Å²) in [6, 6.07) is 8.17. The van der Waals surface area contributed by atoms with Gasteiger partial charge >= 0.3 is 0 Å². The van der Waals surface area contributed by atoms with Gasteiger partial charge in [0.05, 0.1) is 5.60 Å². The van der Waals surface area contributed by atoms with Crippen LogP contribution in [0.2, 0.25) is 0 Å². The monoisotopic (exact) mass is 201 g/mol. The van der Waals surface area contributed by atoms with Gasteiger partial charge in [0, 0.05) is 18.1 Å². The molecule has 78 valence electrons. The first kappa shape index (κ1) is 9.99. The highest BCUT2D eigenvalue weighted by Crippen LogP contribution is 2.19. The standard InChI is InChI=1S/C13H15NO/c1-3-13(2,15)9-10-4-5-12-11(8-10)6-7-14-12/h3-8,14-15H,1,9H2,2H3. The van der Waals surface area contributed by atoms with Crippen molar-refractivity contribution in [1.29, 1.82) is 0 Å². The number of hydrogen-bond donors (Lipinski definition) is 2. The van der Waals surface area contributed by atoms with Gasteiger partial charge in [-0.05, 0) is 36.1 Å². The molecule has 0 fully saturated rings. The molecule has 2 N–H and O–H groups in total. The van der Waals surface area contributed by atoms with E-state index in [9.17, 15) is 5.11 Å². The number of aromatic amines is 1. The Bertz CT molecular complexity index is 482. The van der Waals surface area contributed by atoms with E-state index in [0.717, 1.165) is 11.1 Å². The summed E-state index contributed by atoms with van der Waals surface area (Å²) in [6.07, 6.45) is 4.09. The van der Waals surface area contributed by atoms with E-state index < -0.39 is 5.60 Å². The summed E-state index contributed by atoms with van der Waals surface area (Å²) < 4.78 is 0. The minimum Gasteiger partial charge on any atom is -0.386 e. The molecule has 2 nitrogen and oxygen atoms in total. The van der Waals surface area contributed by atoms with Crippen molar-refractivity contribution in [1.82, 2.24) is 4.98 Å². The quantitative estimate of drug-likeness (QED) is 0.736. The molecule has 0 amide bonds. The van der Waals surface area contributed by atoms with Crippen molar-refractivity contribution >= 4 is 10.9 Å². The summed E-state index contributed by atoms with van der Waals surface area (Å²) in [6.45, 7) is 5.39. The first-order valence-corrected chi connectivity index (χ1v) is 5.03. The number of nitrogens with one attached hydrogen (secondary N) is 1. The highest BCUT2D eigenvalue weighted by atomic mass is 16.3. The number of hydrogen-bond acceptors (Lipinski definition) is 1. The molecular formula is C13H15NO. The number of aromatic nitrogens is 1. The van der Waals surface area contributed by atoms with Crippen molar-refractivity contribution < 1.29 is 5.11 Å². The molecule has 1 aromatic heterocycles.